The summed E-state index contributed by atoms with van der Waals surface area (Å²) in [5.41, 5.74) is 5.73. The molecule has 1 aromatic carbocycles. The molecule has 0 aliphatic rings. The van der Waals surface area contributed by atoms with Crippen molar-refractivity contribution >= 4 is 5.78 Å². The molecule has 1 atom stereocenters. The van der Waals surface area contributed by atoms with Crippen molar-refractivity contribution in [3.63, 3.8) is 0 Å². The fourth-order valence-electron chi connectivity index (χ4n) is 1.34. The van der Waals surface area contributed by atoms with Crippen molar-refractivity contribution in [3.05, 3.63) is 29.6 Å². The van der Waals surface area contributed by atoms with Crippen LogP contribution in [0.2, 0.25) is 0 Å². The maximum absolute atomic E-state index is 13.7. The van der Waals surface area contributed by atoms with Gasteiger partial charge in [0.25, 0.3) is 0 Å². The van der Waals surface area contributed by atoms with Crippen molar-refractivity contribution in [3.8, 4) is 5.75 Å². The first-order valence-corrected chi connectivity index (χ1v) is 5.14. The third kappa shape index (κ3) is 2.79. The molecule has 16 heavy (non-hydrogen) atoms. The Balaban J connectivity index is 2.85. The van der Waals surface area contributed by atoms with E-state index < -0.39 is 5.82 Å². The van der Waals surface area contributed by atoms with E-state index in [0.29, 0.717) is 5.56 Å². The highest BCUT2D eigenvalue weighted by Crippen LogP contribution is 2.21. The maximum Gasteiger partial charge on any atom is 0.168 e. The number of halogens is 1. The quantitative estimate of drug-likeness (QED) is 0.827. The summed E-state index contributed by atoms with van der Waals surface area (Å²) in [6.07, 6.45) is 0.0569. The first-order chi connectivity index (χ1) is 7.60. The number of carbonyl (C=O) groups is 1. The van der Waals surface area contributed by atoms with Gasteiger partial charge in [-0.25, -0.2) is 4.39 Å². The first kappa shape index (κ1) is 12.6. The van der Waals surface area contributed by atoms with E-state index in [4.69, 9.17) is 10.5 Å². The zero-order valence-electron chi connectivity index (χ0n) is 9.50. The molecule has 0 aliphatic carbocycles. The molecule has 0 amide bonds. The van der Waals surface area contributed by atoms with Gasteiger partial charge in [-0.15, -0.1) is 0 Å². The highest BCUT2D eigenvalue weighted by molar-refractivity contribution is 5.83. The predicted molar refractivity (Wildman–Crippen MR) is 59.9 cm³/mol. The summed E-state index contributed by atoms with van der Waals surface area (Å²) in [5.74, 6) is -0.617. The summed E-state index contributed by atoms with van der Waals surface area (Å²) < 4.78 is 18.5. The molecule has 0 aliphatic heterocycles. The molecule has 0 saturated carbocycles. The van der Waals surface area contributed by atoms with E-state index in [1.807, 2.05) is 0 Å². The Labute approximate surface area is 94.4 Å². The molecule has 0 heterocycles. The van der Waals surface area contributed by atoms with Crippen molar-refractivity contribution in [2.45, 2.75) is 13.3 Å². The van der Waals surface area contributed by atoms with Gasteiger partial charge in [-0.1, -0.05) is 19.1 Å². The number of benzene rings is 1. The average molecular weight is 225 g/mol. The van der Waals surface area contributed by atoms with E-state index in [1.54, 1.807) is 19.1 Å². The molecular weight excluding hydrogens is 209 g/mol. The van der Waals surface area contributed by atoms with Crippen LogP contribution in [-0.4, -0.2) is 19.4 Å². The predicted octanol–water partition coefficient (Wildman–Crippen LogP) is 1.54. The van der Waals surface area contributed by atoms with E-state index in [-0.39, 0.29) is 30.4 Å². The number of ether oxygens (including phenoxy) is 1. The Morgan fingerprint density at radius 1 is 1.56 bits per heavy atom. The molecular formula is C12H16FNO2. The van der Waals surface area contributed by atoms with Gasteiger partial charge in [-0.2, -0.15) is 0 Å². The van der Waals surface area contributed by atoms with Crippen LogP contribution in [0.25, 0.3) is 0 Å². The van der Waals surface area contributed by atoms with E-state index >= 15 is 0 Å². The monoisotopic (exact) mass is 225 g/mol. The van der Waals surface area contributed by atoms with Crippen LogP contribution in [0.4, 0.5) is 4.39 Å². The summed E-state index contributed by atoms with van der Waals surface area (Å²) in [7, 11) is 1.40. The van der Waals surface area contributed by atoms with Crippen LogP contribution < -0.4 is 10.5 Å². The molecule has 0 fully saturated rings. The molecule has 1 aromatic rings. The number of ketones is 1. The summed E-state index contributed by atoms with van der Waals surface area (Å²) in [4.78, 5) is 11.6. The van der Waals surface area contributed by atoms with Crippen molar-refractivity contribution in [1.29, 1.82) is 0 Å². The van der Waals surface area contributed by atoms with Gasteiger partial charge in [0.2, 0.25) is 0 Å². The normalized spacial score (nSPS) is 12.2. The lowest BCUT2D eigenvalue weighted by Crippen LogP contribution is -2.22. The Bertz CT molecular complexity index is 379. The number of Topliss-reactive ketones (excluding diaryl/α,β-unsaturated/α-hetero) is 1. The van der Waals surface area contributed by atoms with Gasteiger partial charge in [0.05, 0.1) is 7.11 Å². The van der Waals surface area contributed by atoms with Gasteiger partial charge in [0.15, 0.2) is 11.6 Å². The van der Waals surface area contributed by atoms with Gasteiger partial charge in [-0.3, -0.25) is 4.79 Å². The summed E-state index contributed by atoms with van der Waals surface area (Å²) in [5, 5.41) is 0. The molecule has 1 rings (SSSR count). The number of methoxy groups -OCH3 is 1. The lowest BCUT2D eigenvalue weighted by atomic mass is 9.99. The molecule has 0 radical (unpaired) electrons. The van der Waals surface area contributed by atoms with Crippen LogP contribution >= 0.6 is 0 Å². The van der Waals surface area contributed by atoms with E-state index in [2.05, 4.69) is 0 Å². The number of nitrogens with two attached hydrogens (primary N) is 1. The highest BCUT2D eigenvalue weighted by Gasteiger charge is 2.15. The van der Waals surface area contributed by atoms with Crippen molar-refractivity contribution < 1.29 is 13.9 Å². The second-order valence-corrected chi connectivity index (χ2v) is 3.71. The Morgan fingerprint density at radius 2 is 2.25 bits per heavy atom. The van der Waals surface area contributed by atoms with Gasteiger partial charge < -0.3 is 10.5 Å². The largest absolute Gasteiger partial charge is 0.494 e. The molecule has 0 aromatic heterocycles. The van der Waals surface area contributed by atoms with E-state index in [1.165, 1.54) is 13.2 Å². The number of hydrogen-bond acceptors (Lipinski definition) is 3. The van der Waals surface area contributed by atoms with Crippen LogP contribution in [0.5, 0.6) is 5.75 Å². The third-order valence-electron chi connectivity index (χ3n) is 2.53. The van der Waals surface area contributed by atoms with E-state index in [9.17, 15) is 9.18 Å². The average Bonchev–Trinajstić information content (AvgIpc) is 2.30. The van der Waals surface area contributed by atoms with Crippen LogP contribution in [0.3, 0.4) is 0 Å². The smallest absolute Gasteiger partial charge is 0.168 e. The molecule has 0 bridgehead atoms. The Hall–Kier alpha value is -1.42. The molecule has 0 spiro atoms. The SMILES string of the molecule is COc1cccc(CC(=O)C(C)CN)c1F. The summed E-state index contributed by atoms with van der Waals surface area (Å²) in [6, 6.07) is 4.77. The van der Waals surface area contributed by atoms with Crippen molar-refractivity contribution in [1.82, 2.24) is 0 Å². The zero-order valence-corrected chi connectivity index (χ0v) is 9.50. The fourth-order valence-corrected chi connectivity index (χ4v) is 1.34. The summed E-state index contributed by atoms with van der Waals surface area (Å²) in [6.45, 7) is 2.02. The van der Waals surface area contributed by atoms with Crippen molar-refractivity contribution in [2.24, 2.45) is 11.7 Å². The standard InChI is InChI=1S/C12H16FNO2/c1-8(7-14)10(15)6-9-4-3-5-11(16-2)12(9)13/h3-5,8H,6-7,14H2,1-2H3. The number of carbonyl (C=O) groups excluding carboxylic acids is 1. The topological polar surface area (TPSA) is 52.3 Å². The minimum absolute atomic E-state index is 0.0569. The third-order valence-corrected chi connectivity index (χ3v) is 2.53. The number of rotatable bonds is 5. The molecule has 2 N–H and O–H groups in total. The minimum atomic E-state index is -0.470. The van der Waals surface area contributed by atoms with Crippen molar-refractivity contribution in [2.75, 3.05) is 13.7 Å². The van der Waals surface area contributed by atoms with Crippen LogP contribution in [0, 0.1) is 11.7 Å². The molecule has 0 saturated heterocycles. The fraction of sp³-hybridized carbons (Fsp3) is 0.417. The van der Waals surface area contributed by atoms with E-state index in [0.717, 1.165) is 0 Å². The van der Waals surface area contributed by atoms with Gasteiger partial charge in [0, 0.05) is 18.9 Å². The summed E-state index contributed by atoms with van der Waals surface area (Å²) >= 11 is 0. The lowest BCUT2D eigenvalue weighted by molar-refractivity contribution is -0.121. The second kappa shape index (κ2) is 5.61. The van der Waals surface area contributed by atoms with Crippen LogP contribution in [-0.2, 0) is 11.2 Å². The van der Waals surface area contributed by atoms with Gasteiger partial charge in [0.1, 0.15) is 5.78 Å². The zero-order chi connectivity index (χ0) is 12.1. The molecule has 4 heteroatoms. The lowest BCUT2D eigenvalue weighted by Gasteiger charge is -2.09. The highest BCUT2D eigenvalue weighted by atomic mass is 19.1. The van der Waals surface area contributed by atoms with Crippen LogP contribution in [0.15, 0.2) is 18.2 Å². The Morgan fingerprint density at radius 3 is 2.81 bits per heavy atom. The second-order valence-electron chi connectivity index (χ2n) is 3.71. The molecule has 88 valence electrons. The van der Waals surface area contributed by atoms with Gasteiger partial charge >= 0.3 is 0 Å². The number of hydrogen-bond donors (Lipinski definition) is 1. The maximum atomic E-state index is 13.7. The molecule has 3 nitrogen and oxygen atoms in total. The minimum Gasteiger partial charge on any atom is -0.494 e. The van der Waals surface area contributed by atoms with Crippen LogP contribution in [0.1, 0.15) is 12.5 Å². The Kier molecular flexibility index (Phi) is 4.43. The van der Waals surface area contributed by atoms with Gasteiger partial charge in [-0.05, 0) is 11.6 Å². The molecule has 1 unspecified atom stereocenters. The first-order valence-electron chi connectivity index (χ1n) is 5.14.